The monoisotopic (exact) mass is 236 g/mol. The van der Waals surface area contributed by atoms with E-state index in [1.165, 1.54) is 6.42 Å². The average Bonchev–Trinajstić information content (AvgIpc) is 2.30. The fraction of sp³-hybridized carbons (Fsp3) is 0.538. The second-order valence-electron chi connectivity index (χ2n) is 4.55. The van der Waals surface area contributed by atoms with Crippen molar-refractivity contribution in [2.45, 2.75) is 24.9 Å². The number of methoxy groups -OCH3 is 2. The molecule has 94 valence electrons. The second-order valence-corrected chi connectivity index (χ2v) is 4.55. The molecule has 1 saturated carbocycles. The van der Waals surface area contributed by atoms with E-state index in [0.29, 0.717) is 0 Å². The fourth-order valence-corrected chi connectivity index (χ4v) is 2.10. The molecule has 0 unspecified atom stereocenters. The number of hydrogen-bond donors (Lipinski definition) is 2. The molecular weight excluding hydrogens is 216 g/mol. The van der Waals surface area contributed by atoms with Crippen molar-refractivity contribution in [2.24, 2.45) is 0 Å². The first kappa shape index (κ1) is 12.0. The van der Waals surface area contributed by atoms with Crippen LogP contribution in [0.1, 0.15) is 19.3 Å². The molecule has 17 heavy (non-hydrogen) atoms. The van der Waals surface area contributed by atoms with E-state index in [-0.39, 0.29) is 5.60 Å². The van der Waals surface area contributed by atoms with Gasteiger partial charge in [0, 0.05) is 19.7 Å². The van der Waals surface area contributed by atoms with Gasteiger partial charge in [-0.05, 0) is 31.4 Å². The third kappa shape index (κ3) is 2.47. The molecule has 4 nitrogen and oxygen atoms in total. The van der Waals surface area contributed by atoms with Crippen LogP contribution in [0.15, 0.2) is 18.2 Å². The van der Waals surface area contributed by atoms with E-state index in [1.54, 1.807) is 14.2 Å². The lowest BCUT2D eigenvalue weighted by atomic mass is 9.80. The van der Waals surface area contributed by atoms with Crippen LogP contribution < -0.4 is 15.8 Å². The quantitative estimate of drug-likeness (QED) is 0.770. The maximum Gasteiger partial charge on any atom is 0.121 e. The standard InChI is InChI=1S/C13H20N2O2/c1-16-10-4-5-11(14)12(8-10)15-9-13(17-2)6-3-7-13/h4-5,8,15H,3,6-7,9,14H2,1-2H3. The highest BCUT2D eigenvalue weighted by Gasteiger charge is 2.36. The molecule has 1 fully saturated rings. The Labute approximate surface area is 102 Å². The van der Waals surface area contributed by atoms with Crippen LogP contribution in [0.25, 0.3) is 0 Å². The maximum absolute atomic E-state index is 5.92. The van der Waals surface area contributed by atoms with Crippen molar-refractivity contribution in [3.05, 3.63) is 18.2 Å². The molecule has 1 aromatic carbocycles. The Morgan fingerprint density at radius 3 is 2.65 bits per heavy atom. The normalized spacial score (nSPS) is 17.3. The summed E-state index contributed by atoms with van der Waals surface area (Å²) in [5, 5.41) is 3.35. The van der Waals surface area contributed by atoms with Crippen LogP contribution >= 0.6 is 0 Å². The Balaban J connectivity index is 2.02. The number of benzene rings is 1. The van der Waals surface area contributed by atoms with E-state index in [4.69, 9.17) is 15.2 Å². The molecule has 1 aliphatic rings. The van der Waals surface area contributed by atoms with Crippen LogP contribution in [0.5, 0.6) is 5.75 Å². The Hall–Kier alpha value is -1.42. The zero-order valence-corrected chi connectivity index (χ0v) is 10.5. The molecule has 0 radical (unpaired) electrons. The third-order valence-electron chi connectivity index (χ3n) is 3.56. The molecule has 1 aliphatic carbocycles. The molecule has 0 aromatic heterocycles. The van der Waals surface area contributed by atoms with Gasteiger partial charge in [-0.25, -0.2) is 0 Å². The molecule has 0 spiro atoms. The zero-order chi connectivity index (χ0) is 12.3. The van der Waals surface area contributed by atoms with Gasteiger partial charge in [0.2, 0.25) is 0 Å². The van der Waals surface area contributed by atoms with Crippen molar-refractivity contribution in [2.75, 3.05) is 31.8 Å². The Morgan fingerprint density at radius 1 is 1.35 bits per heavy atom. The summed E-state index contributed by atoms with van der Waals surface area (Å²) in [4.78, 5) is 0. The molecular formula is C13H20N2O2. The van der Waals surface area contributed by atoms with Gasteiger partial charge in [0.25, 0.3) is 0 Å². The molecule has 1 aromatic rings. The van der Waals surface area contributed by atoms with E-state index < -0.39 is 0 Å². The number of ether oxygens (including phenoxy) is 2. The van der Waals surface area contributed by atoms with Gasteiger partial charge in [-0.15, -0.1) is 0 Å². The van der Waals surface area contributed by atoms with Gasteiger partial charge in [0.15, 0.2) is 0 Å². The highest BCUT2D eigenvalue weighted by Crippen LogP contribution is 2.35. The molecule has 0 amide bonds. The third-order valence-corrected chi connectivity index (χ3v) is 3.56. The number of rotatable bonds is 5. The smallest absolute Gasteiger partial charge is 0.121 e. The highest BCUT2D eigenvalue weighted by atomic mass is 16.5. The molecule has 2 rings (SSSR count). The number of nitrogen functional groups attached to an aromatic ring is 1. The van der Waals surface area contributed by atoms with Crippen molar-refractivity contribution < 1.29 is 9.47 Å². The maximum atomic E-state index is 5.92. The van der Waals surface area contributed by atoms with E-state index >= 15 is 0 Å². The molecule has 0 saturated heterocycles. The summed E-state index contributed by atoms with van der Waals surface area (Å²) in [6.45, 7) is 0.793. The largest absolute Gasteiger partial charge is 0.497 e. The number of nitrogens with one attached hydrogen (secondary N) is 1. The van der Waals surface area contributed by atoms with Crippen molar-refractivity contribution in [1.29, 1.82) is 0 Å². The Bertz CT molecular complexity index is 383. The summed E-state index contributed by atoms with van der Waals surface area (Å²) in [5.41, 5.74) is 7.55. The van der Waals surface area contributed by atoms with Crippen LogP contribution in [0.2, 0.25) is 0 Å². The summed E-state index contributed by atoms with van der Waals surface area (Å²) < 4.78 is 10.7. The number of nitrogens with two attached hydrogens (primary N) is 1. The average molecular weight is 236 g/mol. The van der Waals surface area contributed by atoms with Crippen LogP contribution in [0, 0.1) is 0 Å². The number of hydrogen-bond acceptors (Lipinski definition) is 4. The molecule has 0 heterocycles. The van der Waals surface area contributed by atoms with Crippen LogP contribution in [0.4, 0.5) is 11.4 Å². The van der Waals surface area contributed by atoms with Gasteiger partial charge in [-0.2, -0.15) is 0 Å². The van der Waals surface area contributed by atoms with Gasteiger partial charge in [-0.3, -0.25) is 0 Å². The molecule has 4 heteroatoms. The van der Waals surface area contributed by atoms with E-state index in [2.05, 4.69) is 5.32 Å². The molecule has 0 atom stereocenters. The molecule has 3 N–H and O–H groups in total. The Morgan fingerprint density at radius 2 is 2.12 bits per heavy atom. The number of anilines is 2. The first-order chi connectivity index (χ1) is 8.19. The van der Waals surface area contributed by atoms with Crippen molar-refractivity contribution in [3.63, 3.8) is 0 Å². The topological polar surface area (TPSA) is 56.5 Å². The first-order valence-corrected chi connectivity index (χ1v) is 5.92. The van der Waals surface area contributed by atoms with Crippen LogP contribution in [0.3, 0.4) is 0 Å². The minimum atomic E-state index is -0.00445. The lowest BCUT2D eigenvalue weighted by Gasteiger charge is -2.40. The minimum absolute atomic E-state index is 0.00445. The van der Waals surface area contributed by atoms with E-state index in [9.17, 15) is 0 Å². The van der Waals surface area contributed by atoms with Crippen LogP contribution in [-0.2, 0) is 4.74 Å². The van der Waals surface area contributed by atoms with Gasteiger partial charge in [0.1, 0.15) is 5.75 Å². The minimum Gasteiger partial charge on any atom is -0.497 e. The zero-order valence-electron chi connectivity index (χ0n) is 10.5. The summed E-state index contributed by atoms with van der Waals surface area (Å²) >= 11 is 0. The molecule has 0 aliphatic heterocycles. The Kier molecular flexibility index (Phi) is 3.43. The van der Waals surface area contributed by atoms with Crippen molar-refractivity contribution in [1.82, 2.24) is 0 Å². The van der Waals surface area contributed by atoms with Gasteiger partial charge in [0.05, 0.1) is 24.1 Å². The van der Waals surface area contributed by atoms with Gasteiger partial charge in [-0.1, -0.05) is 0 Å². The fourth-order valence-electron chi connectivity index (χ4n) is 2.10. The predicted octanol–water partition coefficient (Wildman–Crippen LogP) is 2.26. The lowest BCUT2D eigenvalue weighted by Crippen LogP contribution is -2.45. The van der Waals surface area contributed by atoms with Crippen LogP contribution in [-0.4, -0.2) is 26.4 Å². The second kappa shape index (κ2) is 4.84. The summed E-state index contributed by atoms with van der Waals surface area (Å²) in [6.07, 6.45) is 3.46. The summed E-state index contributed by atoms with van der Waals surface area (Å²) in [6, 6.07) is 5.62. The van der Waals surface area contributed by atoms with Crippen molar-refractivity contribution in [3.8, 4) is 5.75 Å². The van der Waals surface area contributed by atoms with Crippen molar-refractivity contribution >= 4 is 11.4 Å². The van der Waals surface area contributed by atoms with Gasteiger partial charge < -0.3 is 20.5 Å². The molecule has 0 bridgehead atoms. The first-order valence-electron chi connectivity index (χ1n) is 5.92. The highest BCUT2D eigenvalue weighted by molar-refractivity contribution is 5.68. The summed E-state index contributed by atoms with van der Waals surface area (Å²) in [7, 11) is 3.42. The predicted molar refractivity (Wildman–Crippen MR) is 69.5 cm³/mol. The van der Waals surface area contributed by atoms with E-state index in [1.807, 2.05) is 18.2 Å². The summed E-state index contributed by atoms with van der Waals surface area (Å²) in [5.74, 6) is 0.807. The SMILES string of the molecule is COc1ccc(N)c(NCC2(OC)CCC2)c1. The van der Waals surface area contributed by atoms with Gasteiger partial charge >= 0.3 is 0 Å². The van der Waals surface area contributed by atoms with E-state index in [0.717, 1.165) is 36.5 Å². The lowest BCUT2D eigenvalue weighted by molar-refractivity contribution is -0.0601.